The first-order valence-electron chi connectivity index (χ1n) is 3.34. The molecule has 0 spiro atoms. The highest BCUT2D eigenvalue weighted by Crippen LogP contribution is 1.74. The second-order valence-corrected chi connectivity index (χ2v) is 2.23. The van der Waals surface area contributed by atoms with Gasteiger partial charge in [0.25, 0.3) is 0 Å². The number of rotatable bonds is 4. The number of carbonyl (C=O) groups is 1. The standard InChI is InChI=1S/C6H15N3O.ClH/c1-5(3-7)9-6(10)4-8-2;/h5,8H,3-4,7H2,1-2H3,(H,9,10);1H/t5-;/m0./s1. The van der Waals surface area contributed by atoms with E-state index in [1.165, 1.54) is 0 Å². The van der Waals surface area contributed by atoms with E-state index in [9.17, 15) is 4.79 Å². The lowest BCUT2D eigenvalue weighted by molar-refractivity contribution is -0.120. The van der Waals surface area contributed by atoms with Gasteiger partial charge in [0.15, 0.2) is 0 Å². The van der Waals surface area contributed by atoms with E-state index in [2.05, 4.69) is 10.6 Å². The first-order chi connectivity index (χ1) is 4.70. The summed E-state index contributed by atoms with van der Waals surface area (Å²) in [5, 5.41) is 5.45. The van der Waals surface area contributed by atoms with Crippen molar-refractivity contribution in [2.24, 2.45) is 5.73 Å². The van der Waals surface area contributed by atoms with Crippen molar-refractivity contribution >= 4 is 18.3 Å². The van der Waals surface area contributed by atoms with Gasteiger partial charge >= 0.3 is 0 Å². The lowest BCUT2D eigenvalue weighted by Gasteiger charge is -2.10. The molecule has 1 atom stereocenters. The van der Waals surface area contributed by atoms with Crippen LogP contribution in [0.4, 0.5) is 0 Å². The molecule has 4 nitrogen and oxygen atoms in total. The van der Waals surface area contributed by atoms with Crippen molar-refractivity contribution in [2.45, 2.75) is 13.0 Å². The molecule has 0 aromatic rings. The summed E-state index contributed by atoms with van der Waals surface area (Å²) in [6, 6.07) is 0.0702. The largest absolute Gasteiger partial charge is 0.351 e. The fourth-order valence-electron chi connectivity index (χ4n) is 0.545. The third-order valence-corrected chi connectivity index (χ3v) is 1.10. The first kappa shape index (κ1) is 13.3. The van der Waals surface area contributed by atoms with Crippen LogP contribution in [0.1, 0.15) is 6.92 Å². The Bertz CT molecular complexity index is 110. The zero-order valence-corrected chi connectivity index (χ0v) is 7.70. The van der Waals surface area contributed by atoms with E-state index >= 15 is 0 Å². The lowest BCUT2D eigenvalue weighted by Crippen LogP contribution is -2.41. The highest BCUT2D eigenvalue weighted by Gasteiger charge is 2.02. The fraction of sp³-hybridized carbons (Fsp3) is 0.833. The third kappa shape index (κ3) is 7.58. The van der Waals surface area contributed by atoms with Crippen molar-refractivity contribution in [3.63, 3.8) is 0 Å². The number of carbonyl (C=O) groups excluding carboxylic acids is 1. The molecular formula is C6H16ClN3O. The number of hydrogen-bond acceptors (Lipinski definition) is 3. The molecule has 0 saturated carbocycles. The summed E-state index contributed by atoms with van der Waals surface area (Å²) in [6.07, 6.45) is 0. The second kappa shape index (κ2) is 7.78. The molecule has 0 aliphatic heterocycles. The number of amides is 1. The molecule has 0 aliphatic rings. The fourth-order valence-corrected chi connectivity index (χ4v) is 0.545. The van der Waals surface area contributed by atoms with Gasteiger partial charge in [-0.15, -0.1) is 12.4 Å². The summed E-state index contributed by atoms with van der Waals surface area (Å²) in [5.41, 5.74) is 5.28. The van der Waals surface area contributed by atoms with E-state index in [1.807, 2.05) is 6.92 Å². The highest BCUT2D eigenvalue weighted by molar-refractivity contribution is 5.85. The predicted molar refractivity (Wildman–Crippen MR) is 47.8 cm³/mol. The predicted octanol–water partition coefficient (Wildman–Crippen LogP) is -0.909. The van der Waals surface area contributed by atoms with Crippen molar-refractivity contribution in [3.8, 4) is 0 Å². The molecule has 1 amide bonds. The molecule has 0 radical (unpaired) electrons. The van der Waals surface area contributed by atoms with Crippen molar-refractivity contribution < 1.29 is 4.79 Å². The Labute approximate surface area is 73.3 Å². The Morgan fingerprint density at radius 1 is 1.64 bits per heavy atom. The Hall–Kier alpha value is -0.320. The minimum absolute atomic E-state index is 0. The molecule has 0 saturated heterocycles. The average Bonchev–Trinajstić information content (AvgIpc) is 1.88. The third-order valence-electron chi connectivity index (χ3n) is 1.10. The highest BCUT2D eigenvalue weighted by atomic mass is 35.5. The molecular weight excluding hydrogens is 166 g/mol. The van der Waals surface area contributed by atoms with Gasteiger partial charge < -0.3 is 16.4 Å². The van der Waals surface area contributed by atoms with E-state index in [4.69, 9.17) is 5.73 Å². The lowest BCUT2D eigenvalue weighted by atomic mass is 10.3. The molecule has 68 valence electrons. The maximum absolute atomic E-state index is 10.8. The second-order valence-electron chi connectivity index (χ2n) is 2.23. The summed E-state index contributed by atoms with van der Waals surface area (Å²) >= 11 is 0. The maximum atomic E-state index is 10.8. The van der Waals surface area contributed by atoms with Crippen molar-refractivity contribution in [1.29, 1.82) is 0 Å². The van der Waals surface area contributed by atoms with Gasteiger partial charge in [-0.1, -0.05) is 0 Å². The Morgan fingerprint density at radius 3 is 2.55 bits per heavy atom. The van der Waals surface area contributed by atoms with Gasteiger partial charge in [-0.2, -0.15) is 0 Å². The Balaban J connectivity index is 0. The van der Waals surface area contributed by atoms with E-state index in [0.717, 1.165) is 0 Å². The van der Waals surface area contributed by atoms with Crippen LogP contribution in [-0.2, 0) is 4.79 Å². The van der Waals surface area contributed by atoms with Gasteiger partial charge in [-0.25, -0.2) is 0 Å². The molecule has 5 heteroatoms. The molecule has 0 rings (SSSR count). The van der Waals surface area contributed by atoms with E-state index in [1.54, 1.807) is 7.05 Å². The average molecular weight is 182 g/mol. The molecule has 11 heavy (non-hydrogen) atoms. The summed E-state index contributed by atoms with van der Waals surface area (Å²) < 4.78 is 0. The molecule has 0 fully saturated rings. The van der Waals surface area contributed by atoms with Crippen LogP contribution in [0.15, 0.2) is 0 Å². The molecule has 0 unspecified atom stereocenters. The van der Waals surface area contributed by atoms with Crippen LogP contribution in [-0.4, -0.2) is 32.1 Å². The van der Waals surface area contributed by atoms with E-state index in [0.29, 0.717) is 13.1 Å². The van der Waals surface area contributed by atoms with Crippen LogP contribution in [0.3, 0.4) is 0 Å². The summed E-state index contributed by atoms with van der Waals surface area (Å²) in [7, 11) is 1.73. The maximum Gasteiger partial charge on any atom is 0.234 e. The normalized spacial score (nSPS) is 11.5. The summed E-state index contributed by atoms with van der Waals surface area (Å²) in [5.74, 6) is -0.0135. The van der Waals surface area contributed by atoms with Crippen molar-refractivity contribution in [2.75, 3.05) is 20.1 Å². The summed E-state index contributed by atoms with van der Waals surface area (Å²) in [6.45, 7) is 2.70. The molecule has 0 aromatic carbocycles. The van der Waals surface area contributed by atoms with E-state index < -0.39 is 0 Å². The Kier molecular flexibility index (Phi) is 9.40. The van der Waals surface area contributed by atoms with Crippen LogP contribution in [0.2, 0.25) is 0 Å². The van der Waals surface area contributed by atoms with Crippen molar-refractivity contribution in [1.82, 2.24) is 10.6 Å². The Morgan fingerprint density at radius 2 is 2.18 bits per heavy atom. The number of hydrogen-bond donors (Lipinski definition) is 3. The van der Waals surface area contributed by atoms with Gasteiger partial charge in [0, 0.05) is 12.6 Å². The zero-order chi connectivity index (χ0) is 7.98. The first-order valence-corrected chi connectivity index (χ1v) is 3.34. The minimum atomic E-state index is -0.0135. The molecule has 0 bridgehead atoms. The quantitative estimate of drug-likeness (QED) is 0.526. The van der Waals surface area contributed by atoms with Crippen LogP contribution < -0.4 is 16.4 Å². The summed E-state index contributed by atoms with van der Waals surface area (Å²) in [4.78, 5) is 10.8. The molecule has 0 heterocycles. The van der Waals surface area contributed by atoms with E-state index in [-0.39, 0.29) is 24.4 Å². The smallest absolute Gasteiger partial charge is 0.234 e. The minimum Gasteiger partial charge on any atom is -0.351 e. The number of nitrogens with one attached hydrogen (secondary N) is 2. The van der Waals surface area contributed by atoms with Crippen LogP contribution >= 0.6 is 12.4 Å². The van der Waals surface area contributed by atoms with Crippen molar-refractivity contribution in [3.05, 3.63) is 0 Å². The number of nitrogens with two attached hydrogens (primary N) is 1. The molecule has 4 N–H and O–H groups in total. The topological polar surface area (TPSA) is 67.2 Å². The zero-order valence-electron chi connectivity index (χ0n) is 6.89. The van der Waals surface area contributed by atoms with Crippen LogP contribution in [0, 0.1) is 0 Å². The van der Waals surface area contributed by atoms with Gasteiger partial charge in [0.1, 0.15) is 0 Å². The van der Waals surface area contributed by atoms with Crippen LogP contribution in [0.5, 0.6) is 0 Å². The monoisotopic (exact) mass is 181 g/mol. The number of likely N-dealkylation sites (N-methyl/N-ethyl adjacent to an activating group) is 1. The SMILES string of the molecule is CNCC(=O)N[C@@H](C)CN.Cl. The molecule has 0 aromatic heterocycles. The van der Waals surface area contributed by atoms with Gasteiger partial charge in [0.05, 0.1) is 6.54 Å². The number of halogens is 1. The van der Waals surface area contributed by atoms with Gasteiger partial charge in [-0.05, 0) is 14.0 Å². The van der Waals surface area contributed by atoms with Gasteiger partial charge in [-0.3, -0.25) is 4.79 Å². The van der Waals surface area contributed by atoms with Gasteiger partial charge in [0.2, 0.25) is 5.91 Å². The van der Waals surface area contributed by atoms with Crippen LogP contribution in [0.25, 0.3) is 0 Å². The molecule has 0 aliphatic carbocycles.